The van der Waals surface area contributed by atoms with Gasteiger partial charge >= 0.3 is 0 Å². The van der Waals surface area contributed by atoms with Gasteiger partial charge in [0.25, 0.3) is 5.09 Å². The molecule has 1 aliphatic rings. The van der Waals surface area contributed by atoms with Gasteiger partial charge in [-0.25, -0.2) is 0 Å². The van der Waals surface area contributed by atoms with Gasteiger partial charge in [0.1, 0.15) is 0 Å². The molecule has 1 aromatic carbocycles. The molecule has 0 saturated heterocycles. The Bertz CT molecular complexity index is 844. The van der Waals surface area contributed by atoms with E-state index in [1.165, 1.54) is 5.56 Å². The number of carbonyl (C=O) groups is 1. The summed E-state index contributed by atoms with van der Waals surface area (Å²) in [5.41, 5.74) is 1.25. The van der Waals surface area contributed by atoms with Crippen LogP contribution in [0, 0.1) is 34.3 Å². The van der Waals surface area contributed by atoms with E-state index in [2.05, 4.69) is 46.9 Å². The molecule has 1 radical (unpaired) electrons. The molecule has 1 fully saturated rings. The van der Waals surface area contributed by atoms with Gasteiger partial charge in [-0.3, -0.25) is 4.79 Å². The molecular weight excluding hydrogens is 472 g/mol. The number of aryl methyl sites for hydroxylation is 1. The molecule has 205 valence electrons. The van der Waals surface area contributed by atoms with E-state index in [9.17, 15) is 25.1 Å². The number of amides is 1. The number of nitrogens with one attached hydrogen (secondary N) is 1. The summed E-state index contributed by atoms with van der Waals surface area (Å²) in [5.74, 6) is 0.0140. The predicted molar refractivity (Wildman–Crippen MR) is 144 cm³/mol. The van der Waals surface area contributed by atoms with Gasteiger partial charge in [0.05, 0.1) is 18.8 Å². The number of rotatable bonds is 18. The smallest absolute Gasteiger partial charge is 0.294 e. The number of unbranched alkanes of at least 4 members (excludes halogenated alkanes) is 2. The molecule has 1 amide bonds. The molecule has 0 aliphatic heterocycles. The van der Waals surface area contributed by atoms with Crippen LogP contribution >= 0.6 is 0 Å². The van der Waals surface area contributed by atoms with Crippen LogP contribution in [0.1, 0.15) is 63.9 Å². The van der Waals surface area contributed by atoms with Crippen molar-refractivity contribution >= 4 is 5.91 Å². The van der Waals surface area contributed by atoms with Crippen molar-refractivity contribution in [3.05, 3.63) is 76.7 Å². The van der Waals surface area contributed by atoms with Crippen LogP contribution in [0.25, 0.3) is 0 Å². The zero-order chi connectivity index (χ0) is 26.9. The van der Waals surface area contributed by atoms with E-state index < -0.39 is 17.3 Å². The molecule has 1 saturated carbocycles. The second-order valence-corrected chi connectivity index (χ2v) is 9.67. The van der Waals surface area contributed by atoms with Gasteiger partial charge in [-0.05, 0) is 75.7 Å². The molecule has 2 rings (SSSR count). The van der Waals surface area contributed by atoms with Gasteiger partial charge in [0, 0.05) is 25.3 Å². The summed E-state index contributed by atoms with van der Waals surface area (Å²) < 4.78 is 0. The van der Waals surface area contributed by atoms with E-state index in [0.29, 0.717) is 38.6 Å². The Morgan fingerprint density at radius 2 is 1.97 bits per heavy atom. The van der Waals surface area contributed by atoms with Crippen LogP contribution in [0.15, 0.2) is 54.6 Å². The fourth-order valence-corrected chi connectivity index (χ4v) is 4.84. The molecule has 0 bridgehead atoms. The van der Waals surface area contributed by atoms with E-state index in [1.807, 2.05) is 31.2 Å². The van der Waals surface area contributed by atoms with Crippen molar-refractivity contribution in [1.29, 1.82) is 0 Å². The maximum atomic E-state index is 11.5. The average Bonchev–Trinajstić information content (AvgIpc) is 3.14. The Morgan fingerprint density at radius 3 is 2.70 bits per heavy atom. The summed E-state index contributed by atoms with van der Waals surface area (Å²) in [6.07, 6.45) is 15.5. The van der Waals surface area contributed by atoms with Crippen molar-refractivity contribution in [2.24, 2.45) is 17.8 Å². The first-order valence-corrected chi connectivity index (χ1v) is 13.5. The standard InChI is InChI=1S/C29H43N2O6/c1-2-30-29(34)16-9-4-3-8-15-25-26(28(33)22-27(25)32)20-19-24(14-10-11-21-37-31(35)36)18-17-23-12-6-5-7-13-23/h3,5-8,12-14,19-20,24-28,32-33H,2,4,9-11,15-18,21-22H2,1H3,(H,30,34)/b8-3-,20-19+/t24-,25-,26-,27+,28-/m1/s1. The lowest BCUT2D eigenvalue weighted by atomic mass is 9.87. The summed E-state index contributed by atoms with van der Waals surface area (Å²) in [5, 5.41) is 33.6. The molecule has 5 atom stereocenters. The Hall–Kier alpha value is -2.71. The topological polar surface area (TPSA) is 122 Å². The first-order valence-electron chi connectivity index (χ1n) is 13.5. The van der Waals surface area contributed by atoms with Crippen LogP contribution in [-0.4, -0.2) is 46.6 Å². The summed E-state index contributed by atoms with van der Waals surface area (Å²) >= 11 is 0. The monoisotopic (exact) mass is 515 g/mol. The maximum Gasteiger partial charge on any atom is 0.294 e. The minimum absolute atomic E-state index is 0.0610. The summed E-state index contributed by atoms with van der Waals surface area (Å²) in [6, 6.07) is 10.2. The second-order valence-electron chi connectivity index (χ2n) is 9.67. The number of aliphatic hydroxyl groups is 2. The van der Waals surface area contributed by atoms with Gasteiger partial charge in [-0.15, -0.1) is 10.1 Å². The number of carbonyl (C=O) groups excluding carboxylic acids is 1. The lowest BCUT2D eigenvalue weighted by Crippen LogP contribution is -2.21. The van der Waals surface area contributed by atoms with Crippen molar-refractivity contribution in [2.45, 2.75) is 76.9 Å². The molecule has 0 spiro atoms. The maximum absolute atomic E-state index is 11.5. The average molecular weight is 516 g/mol. The predicted octanol–water partition coefficient (Wildman–Crippen LogP) is 4.59. The molecule has 37 heavy (non-hydrogen) atoms. The Balaban J connectivity index is 1.92. The third kappa shape index (κ3) is 12.4. The van der Waals surface area contributed by atoms with Crippen LogP contribution in [0.3, 0.4) is 0 Å². The van der Waals surface area contributed by atoms with Gasteiger partial charge in [0.2, 0.25) is 5.91 Å². The van der Waals surface area contributed by atoms with Crippen molar-refractivity contribution in [3.63, 3.8) is 0 Å². The number of nitrogens with zero attached hydrogens (tertiary/aromatic N) is 1. The van der Waals surface area contributed by atoms with Crippen LogP contribution in [-0.2, 0) is 16.1 Å². The van der Waals surface area contributed by atoms with E-state index in [1.54, 1.807) is 0 Å². The normalized spacial score (nSPS) is 22.5. The molecular formula is C29H43N2O6. The molecule has 8 heteroatoms. The van der Waals surface area contributed by atoms with E-state index in [4.69, 9.17) is 0 Å². The quantitative estimate of drug-likeness (QED) is 0.114. The van der Waals surface area contributed by atoms with E-state index >= 15 is 0 Å². The third-order valence-electron chi connectivity index (χ3n) is 6.84. The molecule has 8 nitrogen and oxygen atoms in total. The highest BCUT2D eigenvalue weighted by atomic mass is 16.9. The first-order chi connectivity index (χ1) is 17.9. The highest BCUT2D eigenvalue weighted by molar-refractivity contribution is 5.75. The second kappa shape index (κ2) is 17.7. The van der Waals surface area contributed by atoms with E-state index in [0.717, 1.165) is 25.7 Å². The zero-order valence-corrected chi connectivity index (χ0v) is 21.9. The van der Waals surface area contributed by atoms with Gasteiger partial charge in [-0.1, -0.05) is 54.6 Å². The minimum atomic E-state index is -0.767. The van der Waals surface area contributed by atoms with E-state index in [-0.39, 0.29) is 30.3 Å². The lowest BCUT2D eigenvalue weighted by molar-refractivity contribution is -0.757. The summed E-state index contributed by atoms with van der Waals surface area (Å²) in [7, 11) is 0. The molecule has 0 unspecified atom stereocenters. The Morgan fingerprint density at radius 1 is 1.19 bits per heavy atom. The van der Waals surface area contributed by atoms with Gasteiger partial charge < -0.3 is 20.4 Å². The highest BCUT2D eigenvalue weighted by Crippen LogP contribution is 2.37. The van der Waals surface area contributed by atoms with Gasteiger partial charge in [0.15, 0.2) is 0 Å². The van der Waals surface area contributed by atoms with Crippen LogP contribution in [0.2, 0.25) is 0 Å². The molecule has 1 aliphatic carbocycles. The summed E-state index contributed by atoms with van der Waals surface area (Å²) in [6.45, 7) is 2.62. The number of benzene rings is 1. The first kappa shape index (κ1) is 30.5. The fraction of sp³-hybridized carbons (Fsp3) is 0.586. The molecule has 0 aromatic heterocycles. The van der Waals surface area contributed by atoms with Crippen molar-refractivity contribution in [2.75, 3.05) is 13.2 Å². The fourth-order valence-electron chi connectivity index (χ4n) is 4.84. The number of allylic oxidation sites excluding steroid dienone is 3. The largest absolute Gasteiger partial charge is 0.393 e. The third-order valence-corrected chi connectivity index (χ3v) is 6.84. The SMILES string of the molecule is CCNC(=O)CCC/C=C\C[C@@H]1[C@@H](/C=C/[C@H]([CH]CCCO[N+](=O)[O-])CCc2ccccc2)[C@H](O)C[C@@H]1O. The molecule has 1 aromatic rings. The zero-order valence-electron chi connectivity index (χ0n) is 21.9. The minimum Gasteiger partial charge on any atom is -0.393 e. The highest BCUT2D eigenvalue weighted by Gasteiger charge is 2.39. The Kier molecular flexibility index (Phi) is 14.6. The number of hydrogen-bond donors (Lipinski definition) is 3. The summed E-state index contributed by atoms with van der Waals surface area (Å²) in [4.78, 5) is 26.3. The lowest BCUT2D eigenvalue weighted by Gasteiger charge is -2.20. The van der Waals surface area contributed by atoms with Crippen molar-refractivity contribution in [1.82, 2.24) is 5.32 Å². The number of aliphatic hydroxyl groups excluding tert-OH is 2. The molecule has 0 heterocycles. The number of hydrogen-bond acceptors (Lipinski definition) is 6. The van der Waals surface area contributed by atoms with Crippen LogP contribution in [0.4, 0.5) is 0 Å². The van der Waals surface area contributed by atoms with Crippen molar-refractivity contribution in [3.8, 4) is 0 Å². The van der Waals surface area contributed by atoms with Gasteiger partial charge in [-0.2, -0.15) is 0 Å². The molecule has 3 N–H and O–H groups in total. The van der Waals surface area contributed by atoms with Crippen LogP contribution in [0.5, 0.6) is 0 Å². The Labute approximate surface area is 220 Å². The van der Waals surface area contributed by atoms with Crippen molar-refractivity contribution < 1.29 is 24.9 Å². The van der Waals surface area contributed by atoms with Crippen LogP contribution < -0.4 is 5.32 Å².